The van der Waals surface area contributed by atoms with Gasteiger partial charge in [-0.05, 0) is 212 Å². The third-order valence-corrected chi connectivity index (χ3v) is 19.4. The predicted molar refractivity (Wildman–Crippen MR) is 244 cm³/mol. The number of ether oxygens (including phenoxy) is 3. The van der Waals surface area contributed by atoms with Crippen LogP contribution in [0, 0.1) is 69.0 Å². The molecule has 0 aromatic heterocycles. The number of hydrogen-bond donors (Lipinski definition) is 1. The second kappa shape index (κ2) is 19.1. The Morgan fingerprint density at radius 2 is 1.22 bits per heavy atom. The number of aliphatic hydroxyl groups excluding tert-OH is 1. The van der Waals surface area contributed by atoms with E-state index >= 15 is 0 Å². The summed E-state index contributed by atoms with van der Waals surface area (Å²) < 4.78 is 17.1. The average molecular weight is 833 g/mol. The fourth-order valence-electron chi connectivity index (χ4n) is 16.2. The van der Waals surface area contributed by atoms with Crippen LogP contribution in [0.15, 0.2) is 35.6 Å². The van der Waals surface area contributed by atoms with Gasteiger partial charge in [-0.15, -0.1) is 0 Å². The highest BCUT2D eigenvalue weighted by Crippen LogP contribution is 2.68. The maximum atomic E-state index is 12.3. The van der Waals surface area contributed by atoms with Gasteiger partial charge < -0.3 is 19.3 Å². The first kappa shape index (κ1) is 47.7. The second-order valence-electron chi connectivity index (χ2n) is 22.2. The molecule has 8 aliphatic carbocycles. The number of allylic oxidation sites excluding steroid dienone is 3. The molecule has 340 valence electrons. The minimum Gasteiger partial charge on any atom is -0.502 e. The van der Waals surface area contributed by atoms with Gasteiger partial charge in [0.05, 0.1) is 25.1 Å². The molecule has 1 unspecified atom stereocenters. The quantitative estimate of drug-likeness (QED) is 0.284. The van der Waals surface area contributed by atoms with Crippen LogP contribution in [0.2, 0.25) is 0 Å². The van der Waals surface area contributed by atoms with Crippen molar-refractivity contribution in [2.24, 2.45) is 69.0 Å². The SMILES string of the molecule is C.C.C1=COCCC1.CC(=O)[C@H]1CC[C@H]2[C@@H]3CC=C4C[C@@H](O)CC[C@]4(C)[C@H]3CC[C@]12C.CC(=O)[C@H]1CC[C@H]2[C@@H]3CC=C4C[C@@H](OC5CCCCO5)CC[C@]4(C)[C@H]3CC[C@]12C. The molecule has 15 atom stereocenters. The molecule has 60 heavy (non-hydrogen) atoms. The summed E-state index contributed by atoms with van der Waals surface area (Å²) in [5.41, 5.74) is 4.40. The van der Waals surface area contributed by atoms with Crippen molar-refractivity contribution in [2.45, 2.75) is 210 Å². The first-order chi connectivity index (χ1) is 27.8. The van der Waals surface area contributed by atoms with Crippen molar-refractivity contribution in [3.05, 3.63) is 35.6 Å². The van der Waals surface area contributed by atoms with Gasteiger partial charge in [-0.25, -0.2) is 0 Å². The molecule has 1 N–H and O–H groups in total. The van der Waals surface area contributed by atoms with E-state index < -0.39 is 0 Å². The van der Waals surface area contributed by atoms with Gasteiger partial charge in [-0.1, -0.05) is 65.8 Å². The van der Waals surface area contributed by atoms with E-state index in [0.29, 0.717) is 40.3 Å². The molecule has 6 heteroatoms. The number of rotatable bonds is 4. The molecule has 0 bridgehead atoms. The molecule has 0 spiro atoms. The second-order valence-corrected chi connectivity index (χ2v) is 22.2. The molecular weight excluding hydrogens is 745 g/mol. The summed E-state index contributed by atoms with van der Waals surface area (Å²) in [6.07, 6.45) is 33.9. The normalized spacial score (nSPS) is 46.0. The molecule has 0 aromatic rings. The average Bonchev–Trinajstić information content (AvgIpc) is 3.77. The topological polar surface area (TPSA) is 82.1 Å². The van der Waals surface area contributed by atoms with Crippen LogP contribution in [0.5, 0.6) is 0 Å². The Morgan fingerprint density at radius 1 is 0.650 bits per heavy atom. The Labute approximate surface area is 366 Å². The molecular formula is C54H88O6. The largest absolute Gasteiger partial charge is 0.502 e. The van der Waals surface area contributed by atoms with Crippen LogP contribution in [0.3, 0.4) is 0 Å². The molecule has 0 radical (unpaired) electrons. The maximum absolute atomic E-state index is 12.3. The van der Waals surface area contributed by atoms with Crippen molar-refractivity contribution >= 4 is 11.6 Å². The van der Waals surface area contributed by atoms with Crippen molar-refractivity contribution < 1.29 is 28.9 Å². The lowest BCUT2D eigenvalue weighted by Gasteiger charge is -2.58. The van der Waals surface area contributed by atoms with Crippen LogP contribution in [-0.4, -0.2) is 48.4 Å². The van der Waals surface area contributed by atoms with E-state index in [0.717, 1.165) is 93.7 Å². The minimum atomic E-state index is -0.117. The van der Waals surface area contributed by atoms with Gasteiger partial charge in [-0.3, -0.25) is 9.59 Å². The van der Waals surface area contributed by atoms with Gasteiger partial charge >= 0.3 is 0 Å². The van der Waals surface area contributed by atoms with E-state index in [9.17, 15) is 14.7 Å². The van der Waals surface area contributed by atoms with Gasteiger partial charge in [0.2, 0.25) is 0 Å². The molecule has 0 aromatic carbocycles. The van der Waals surface area contributed by atoms with E-state index in [1.807, 2.05) is 19.9 Å². The van der Waals surface area contributed by atoms with Gasteiger partial charge in [0.25, 0.3) is 0 Å². The molecule has 1 saturated heterocycles. The number of fused-ring (bicyclic) bond motifs is 10. The number of ketones is 2. The van der Waals surface area contributed by atoms with Gasteiger partial charge in [0.1, 0.15) is 11.6 Å². The highest BCUT2D eigenvalue weighted by molar-refractivity contribution is 5.80. The van der Waals surface area contributed by atoms with Crippen molar-refractivity contribution in [1.29, 1.82) is 0 Å². The first-order valence-corrected chi connectivity index (χ1v) is 24.4. The zero-order chi connectivity index (χ0) is 40.9. The molecule has 6 saturated carbocycles. The lowest BCUT2D eigenvalue weighted by Crippen LogP contribution is -2.51. The molecule has 10 rings (SSSR count). The third-order valence-electron chi connectivity index (χ3n) is 19.4. The fraction of sp³-hybridized carbons (Fsp3) is 0.852. The number of Topliss-reactive ketones (excluding diaryl/α,β-unsaturated/α-hetero) is 2. The van der Waals surface area contributed by atoms with Crippen LogP contribution in [0.4, 0.5) is 0 Å². The Hall–Kier alpha value is -1.76. The van der Waals surface area contributed by atoms with E-state index in [1.165, 1.54) is 89.9 Å². The van der Waals surface area contributed by atoms with Crippen molar-refractivity contribution in [2.75, 3.05) is 13.2 Å². The Balaban J connectivity index is 0.000000174. The Morgan fingerprint density at radius 3 is 1.68 bits per heavy atom. The van der Waals surface area contributed by atoms with Crippen LogP contribution >= 0.6 is 0 Å². The van der Waals surface area contributed by atoms with Crippen molar-refractivity contribution in [3.63, 3.8) is 0 Å². The smallest absolute Gasteiger partial charge is 0.157 e. The van der Waals surface area contributed by atoms with Crippen LogP contribution in [-0.2, 0) is 23.8 Å². The summed E-state index contributed by atoms with van der Waals surface area (Å²) in [6.45, 7) is 15.3. The molecule has 7 fully saturated rings. The minimum absolute atomic E-state index is 0. The molecule has 0 amide bonds. The van der Waals surface area contributed by atoms with Gasteiger partial charge in [-0.2, -0.15) is 0 Å². The third kappa shape index (κ3) is 8.73. The summed E-state index contributed by atoms with van der Waals surface area (Å²) in [6, 6.07) is 0. The number of carbonyl (C=O) groups excluding carboxylic acids is 2. The van der Waals surface area contributed by atoms with E-state index in [1.54, 1.807) is 17.4 Å². The predicted octanol–water partition coefficient (Wildman–Crippen LogP) is 13.2. The Kier molecular flexibility index (Phi) is 15.2. The van der Waals surface area contributed by atoms with E-state index in [4.69, 9.17) is 14.2 Å². The molecule has 6 nitrogen and oxygen atoms in total. The van der Waals surface area contributed by atoms with Crippen LogP contribution in [0.25, 0.3) is 0 Å². The summed E-state index contributed by atoms with van der Waals surface area (Å²) >= 11 is 0. The first-order valence-electron chi connectivity index (χ1n) is 24.4. The number of hydrogen-bond acceptors (Lipinski definition) is 6. The lowest BCUT2D eigenvalue weighted by atomic mass is 9.47. The standard InChI is InChI=1S/C26H40O3.C21H32O2.C5H8O.2CH4/c1-17(27)21-9-10-22-20-8-7-18-16-19(29-24-6-4-5-15-28-24)11-13-25(18,2)23(20)12-14-26(21,22)3;1-13(22)17-6-7-18-16-5-4-14-12-15(23)8-10-20(14,2)19(16)9-11-21(17,18)3;1-2-4-6-5-3-1;;/h7,19-24H,4-6,8-16H2,1-3H3;4,15-19,23H,5-12H2,1-3H3;2,4H,1,3,5H2;2*1H4/t19-,20-,21+,22-,23-,24?,25-,26+;15-,16-,17+,18-,19-,20-,21+;;;/m00.../s1. The van der Waals surface area contributed by atoms with Crippen LogP contribution < -0.4 is 0 Å². The number of aliphatic hydroxyl groups is 1. The zero-order valence-electron chi connectivity index (χ0n) is 37.4. The zero-order valence-corrected chi connectivity index (χ0v) is 37.4. The fourth-order valence-corrected chi connectivity index (χ4v) is 16.2. The summed E-state index contributed by atoms with van der Waals surface area (Å²) in [5, 5.41) is 10.1. The summed E-state index contributed by atoms with van der Waals surface area (Å²) in [7, 11) is 0. The maximum Gasteiger partial charge on any atom is 0.157 e. The molecule has 2 aliphatic heterocycles. The van der Waals surface area contributed by atoms with Gasteiger partial charge in [0.15, 0.2) is 6.29 Å². The summed E-state index contributed by atoms with van der Waals surface area (Å²) in [5.74, 6) is 6.09. The summed E-state index contributed by atoms with van der Waals surface area (Å²) in [4.78, 5) is 24.5. The van der Waals surface area contributed by atoms with Crippen LogP contribution in [0.1, 0.15) is 191 Å². The van der Waals surface area contributed by atoms with E-state index in [-0.39, 0.29) is 38.1 Å². The highest BCUT2D eigenvalue weighted by atomic mass is 16.7. The van der Waals surface area contributed by atoms with Crippen molar-refractivity contribution in [1.82, 2.24) is 0 Å². The highest BCUT2D eigenvalue weighted by Gasteiger charge is 2.61. The molecule has 2 heterocycles. The van der Waals surface area contributed by atoms with Crippen molar-refractivity contribution in [3.8, 4) is 0 Å². The number of carbonyl (C=O) groups is 2. The Bertz CT molecular complexity index is 1580. The van der Waals surface area contributed by atoms with Gasteiger partial charge in [0, 0.05) is 18.4 Å². The van der Waals surface area contributed by atoms with E-state index in [2.05, 4.69) is 39.8 Å². The lowest BCUT2D eigenvalue weighted by molar-refractivity contribution is -0.195. The molecule has 10 aliphatic rings. The monoisotopic (exact) mass is 833 g/mol.